The van der Waals surface area contributed by atoms with Gasteiger partial charge in [0.2, 0.25) is 11.8 Å². The van der Waals surface area contributed by atoms with E-state index in [0.717, 1.165) is 10.1 Å². The molecule has 0 saturated carbocycles. The summed E-state index contributed by atoms with van der Waals surface area (Å²) in [4.78, 5) is 40.0. The molecule has 0 radical (unpaired) electrons. The van der Waals surface area contributed by atoms with Crippen LogP contribution < -0.4 is 20.7 Å². The quantitative estimate of drug-likeness (QED) is 0.577. The first kappa shape index (κ1) is 22.8. The number of hydrogen-bond donors (Lipinski definition) is 2. The number of hydrazone groups is 1. The summed E-state index contributed by atoms with van der Waals surface area (Å²) in [7, 11) is 1.43. The molecule has 2 aromatic carbocycles. The van der Waals surface area contributed by atoms with Crippen molar-refractivity contribution in [1.82, 2.24) is 14.6 Å². The predicted molar refractivity (Wildman–Crippen MR) is 125 cm³/mol. The van der Waals surface area contributed by atoms with E-state index in [9.17, 15) is 19.5 Å². The molecular formula is C24H24N4O6. The number of ether oxygens (including phenoxy) is 2. The molecule has 0 aliphatic carbocycles. The maximum absolute atomic E-state index is 12.8. The van der Waals surface area contributed by atoms with E-state index in [4.69, 9.17) is 9.47 Å². The summed E-state index contributed by atoms with van der Waals surface area (Å²) in [5.74, 6) is 0.0947. The Bertz CT molecular complexity index is 1370. The molecule has 1 aromatic heterocycles. The van der Waals surface area contributed by atoms with E-state index in [1.54, 1.807) is 36.4 Å². The highest BCUT2D eigenvalue weighted by molar-refractivity contribution is 6.04. The van der Waals surface area contributed by atoms with Gasteiger partial charge in [-0.3, -0.25) is 14.6 Å². The topological polar surface area (TPSA) is 126 Å². The maximum Gasteiger partial charge on any atom is 0.335 e. The summed E-state index contributed by atoms with van der Waals surface area (Å²) in [5, 5.41) is 16.7. The van der Waals surface area contributed by atoms with Crippen molar-refractivity contribution in [3.8, 4) is 23.1 Å². The van der Waals surface area contributed by atoms with Crippen molar-refractivity contribution >= 4 is 11.6 Å². The van der Waals surface area contributed by atoms with Gasteiger partial charge in [0, 0.05) is 13.3 Å². The third-order valence-corrected chi connectivity index (χ3v) is 5.51. The number of benzene rings is 2. The Morgan fingerprint density at radius 3 is 2.53 bits per heavy atom. The van der Waals surface area contributed by atoms with Crippen LogP contribution >= 0.6 is 0 Å². The molecule has 3 aromatic rings. The highest BCUT2D eigenvalue weighted by atomic mass is 16.5. The van der Waals surface area contributed by atoms with Gasteiger partial charge >= 0.3 is 5.69 Å². The van der Waals surface area contributed by atoms with Gasteiger partial charge in [0.25, 0.3) is 5.56 Å². The van der Waals surface area contributed by atoms with Crippen molar-refractivity contribution in [3.63, 3.8) is 0 Å². The lowest BCUT2D eigenvalue weighted by atomic mass is 9.99. The molecule has 1 aliphatic rings. The van der Waals surface area contributed by atoms with Crippen molar-refractivity contribution in [1.29, 1.82) is 0 Å². The minimum atomic E-state index is -0.833. The van der Waals surface area contributed by atoms with Crippen molar-refractivity contribution < 1.29 is 19.4 Å². The first-order valence-electron chi connectivity index (χ1n) is 10.7. The number of amides is 1. The average Bonchev–Trinajstić information content (AvgIpc) is 3.25. The molecule has 1 unspecified atom stereocenters. The van der Waals surface area contributed by atoms with Crippen LogP contribution in [0.15, 0.2) is 63.2 Å². The average molecular weight is 464 g/mol. The summed E-state index contributed by atoms with van der Waals surface area (Å²) in [6.45, 7) is 3.78. The molecule has 34 heavy (non-hydrogen) atoms. The Hall–Kier alpha value is -4.34. The molecule has 0 bridgehead atoms. The number of nitrogens with one attached hydrogen (secondary N) is 1. The summed E-state index contributed by atoms with van der Waals surface area (Å²) in [6, 6.07) is 13.3. The molecule has 1 atom stereocenters. The Balaban J connectivity index is 1.80. The van der Waals surface area contributed by atoms with Crippen molar-refractivity contribution in [3.05, 3.63) is 80.5 Å². The fourth-order valence-electron chi connectivity index (χ4n) is 3.99. The Morgan fingerprint density at radius 1 is 1.18 bits per heavy atom. The zero-order valence-corrected chi connectivity index (χ0v) is 18.9. The molecular weight excluding hydrogens is 440 g/mol. The number of methoxy groups -OCH3 is 1. The molecule has 1 aliphatic heterocycles. The highest BCUT2D eigenvalue weighted by Crippen LogP contribution is 2.35. The lowest BCUT2D eigenvalue weighted by Crippen LogP contribution is -2.33. The van der Waals surface area contributed by atoms with Crippen LogP contribution in [0, 0.1) is 0 Å². The Morgan fingerprint density at radius 2 is 1.88 bits per heavy atom. The predicted octanol–water partition coefficient (Wildman–Crippen LogP) is 2.34. The molecule has 1 amide bonds. The van der Waals surface area contributed by atoms with Crippen LogP contribution in [0.5, 0.6) is 17.4 Å². The highest BCUT2D eigenvalue weighted by Gasteiger charge is 2.34. The van der Waals surface area contributed by atoms with Crippen LogP contribution in [0.3, 0.4) is 0 Å². The van der Waals surface area contributed by atoms with Gasteiger partial charge in [-0.25, -0.2) is 14.4 Å². The van der Waals surface area contributed by atoms with Gasteiger partial charge < -0.3 is 14.6 Å². The van der Waals surface area contributed by atoms with Crippen LogP contribution in [0.25, 0.3) is 5.69 Å². The van der Waals surface area contributed by atoms with Gasteiger partial charge in [-0.05, 0) is 36.8 Å². The van der Waals surface area contributed by atoms with Gasteiger partial charge in [0.05, 0.1) is 31.2 Å². The number of carbonyl (C=O) groups is 1. The Kier molecular flexibility index (Phi) is 6.22. The number of nitrogens with zero attached hydrogens (tertiary/aromatic N) is 3. The van der Waals surface area contributed by atoms with Crippen LogP contribution in [-0.4, -0.2) is 45.0 Å². The first-order valence-corrected chi connectivity index (χ1v) is 10.7. The van der Waals surface area contributed by atoms with Gasteiger partial charge in [0.1, 0.15) is 17.1 Å². The molecule has 0 fully saturated rings. The lowest BCUT2D eigenvalue weighted by Gasteiger charge is -2.20. The molecule has 176 valence electrons. The maximum atomic E-state index is 12.8. The van der Waals surface area contributed by atoms with E-state index in [-0.39, 0.29) is 29.3 Å². The Labute approximate surface area is 194 Å². The third kappa shape index (κ3) is 4.05. The van der Waals surface area contributed by atoms with Crippen LogP contribution in [-0.2, 0) is 4.79 Å². The molecule has 10 heteroatoms. The molecule has 0 saturated heterocycles. The van der Waals surface area contributed by atoms with E-state index in [1.165, 1.54) is 19.0 Å². The zero-order valence-electron chi connectivity index (χ0n) is 18.9. The summed E-state index contributed by atoms with van der Waals surface area (Å²) in [6.07, 6.45) is 0.161. The van der Waals surface area contributed by atoms with Gasteiger partial charge in [-0.15, -0.1) is 0 Å². The number of rotatable bonds is 6. The van der Waals surface area contributed by atoms with Crippen LogP contribution in [0.2, 0.25) is 0 Å². The van der Waals surface area contributed by atoms with Crippen LogP contribution in [0.1, 0.15) is 37.4 Å². The fraction of sp³-hybridized carbons (Fsp3) is 0.250. The van der Waals surface area contributed by atoms with Crippen LogP contribution in [0.4, 0.5) is 0 Å². The van der Waals surface area contributed by atoms with Gasteiger partial charge in [-0.1, -0.05) is 24.3 Å². The largest absolute Gasteiger partial charge is 0.495 e. The monoisotopic (exact) mass is 464 g/mol. The SMILES string of the molecule is CCOc1ccc(C2CC(c3c(O)n(-c4ccccc4OC)c(=O)[nH]c3=O)=NN2C(C)=O)cc1. The lowest BCUT2D eigenvalue weighted by molar-refractivity contribution is -0.130. The number of para-hydroxylation sites is 2. The van der Waals surface area contributed by atoms with E-state index in [1.807, 2.05) is 19.1 Å². The minimum absolute atomic E-state index is 0.161. The summed E-state index contributed by atoms with van der Waals surface area (Å²) < 4.78 is 11.7. The standard InChI is InChI=1S/C24H24N4O6/c1-4-34-16-11-9-15(10-12-16)19-13-17(26-28(19)14(2)29)21-22(30)25-24(32)27(23(21)31)18-7-5-6-8-20(18)33-3/h5-12,19,31H,4,13H2,1-3H3,(H,25,30,32). The van der Waals surface area contributed by atoms with E-state index < -0.39 is 23.2 Å². The number of H-pyrrole nitrogens is 1. The van der Waals surface area contributed by atoms with Gasteiger partial charge in [0.15, 0.2) is 0 Å². The second-order valence-electron chi connectivity index (χ2n) is 7.60. The number of hydrogen-bond acceptors (Lipinski definition) is 7. The van der Waals surface area contributed by atoms with E-state index in [2.05, 4.69) is 10.1 Å². The number of aromatic amines is 1. The fourth-order valence-corrected chi connectivity index (χ4v) is 3.99. The van der Waals surface area contributed by atoms with Gasteiger partial charge in [-0.2, -0.15) is 5.10 Å². The normalized spacial score (nSPS) is 15.2. The first-order chi connectivity index (χ1) is 16.3. The zero-order chi connectivity index (χ0) is 24.4. The molecule has 4 rings (SSSR count). The minimum Gasteiger partial charge on any atom is -0.495 e. The third-order valence-electron chi connectivity index (χ3n) is 5.51. The number of carbonyl (C=O) groups excluding carboxylic acids is 1. The summed E-state index contributed by atoms with van der Waals surface area (Å²) >= 11 is 0. The van der Waals surface area contributed by atoms with E-state index in [0.29, 0.717) is 18.1 Å². The second kappa shape index (κ2) is 9.26. The molecule has 0 spiro atoms. The summed E-state index contributed by atoms with van der Waals surface area (Å²) in [5.41, 5.74) is -0.618. The molecule has 2 heterocycles. The molecule has 10 nitrogen and oxygen atoms in total. The van der Waals surface area contributed by atoms with Crippen molar-refractivity contribution in [2.45, 2.75) is 26.3 Å². The van der Waals surface area contributed by atoms with Crippen molar-refractivity contribution in [2.75, 3.05) is 13.7 Å². The van der Waals surface area contributed by atoms with Crippen molar-refractivity contribution in [2.24, 2.45) is 5.10 Å². The molecule has 2 N–H and O–H groups in total. The second-order valence-corrected chi connectivity index (χ2v) is 7.60. The smallest absolute Gasteiger partial charge is 0.335 e. The number of aromatic hydroxyl groups is 1. The number of aromatic nitrogens is 2. The van der Waals surface area contributed by atoms with E-state index >= 15 is 0 Å².